The van der Waals surface area contributed by atoms with E-state index < -0.39 is 0 Å². The maximum atomic E-state index is 5.57. The largest absolute Gasteiger partial charge is 0.240 e. The van der Waals surface area contributed by atoms with Gasteiger partial charge >= 0.3 is 0 Å². The Bertz CT molecular complexity index is 212. The average Bonchev–Trinajstić information content (AvgIpc) is 2.07. The quantitative estimate of drug-likeness (QED) is 0.680. The van der Waals surface area contributed by atoms with Gasteiger partial charge in [-0.1, -0.05) is 0 Å². The Balaban J connectivity index is 2.66. The summed E-state index contributed by atoms with van der Waals surface area (Å²) >= 11 is 7.28. The van der Waals surface area contributed by atoms with Gasteiger partial charge in [0.1, 0.15) is 5.82 Å². The highest BCUT2D eigenvalue weighted by Crippen LogP contribution is 2.04. The van der Waals surface area contributed by atoms with Gasteiger partial charge in [0.25, 0.3) is 0 Å². The highest BCUT2D eigenvalue weighted by atomic mass is 35.5. The number of rotatable bonds is 3. The minimum atomic E-state index is 0.486. The predicted octanol–water partition coefficient (Wildman–Crippen LogP) is 2.08. The zero-order valence-electron chi connectivity index (χ0n) is 6.25. The van der Waals surface area contributed by atoms with Crippen LogP contribution in [-0.4, -0.2) is 16.2 Å². The molecule has 0 amide bonds. The van der Waals surface area contributed by atoms with Crippen LogP contribution < -0.4 is 0 Å². The molecule has 0 saturated heterocycles. The molecule has 0 aliphatic heterocycles. The Hall–Kier alpha value is -0.280. The number of hydrogen-bond donors (Lipinski definition) is 0. The number of hydrogen-bond acceptors (Lipinski definition) is 3. The second kappa shape index (κ2) is 4.57. The summed E-state index contributed by atoms with van der Waals surface area (Å²) in [5.74, 6) is 2.22. The van der Waals surface area contributed by atoms with E-state index in [1.54, 1.807) is 24.2 Å². The Morgan fingerprint density at radius 1 is 1.45 bits per heavy atom. The molecule has 1 aromatic heterocycles. The molecular formula is C7H9ClN2S. The molecule has 1 aromatic rings. The molecule has 0 bridgehead atoms. The fraction of sp³-hybridized carbons (Fsp3) is 0.429. The number of aromatic nitrogens is 2. The summed E-state index contributed by atoms with van der Waals surface area (Å²) in [5, 5.41) is 0. The Kier molecular flexibility index (Phi) is 3.66. The van der Waals surface area contributed by atoms with Crippen LogP contribution in [0.2, 0.25) is 0 Å². The molecule has 0 N–H and O–H groups in total. The van der Waals surface area contributed by atoms with Gasteiger partial charge in [0, 0.05) is 18.0 Å². The van der Waals surface area contributed by atoms with Gasteiger partial charge in [-0.3, -0.25) is 0 Å². The first-order valence-electron chi connectivity index (χ1n) is 3.21. The van der Waals surface area contributed by atoms with Crippen molar-refractivity contribution in [2.24, 2.45) is 0 Å². The van der Waals surface area contributed by atoms with Crippen LogP contribution in [0.25, 0.3) is 0 Å². The van der Waals surface area contributed by atoms with Crippen molar-refractivity contribution in [3.63, 3.8) is 0 Å². The molecule has 0 fully saturated rings. The third kappa shape index (κ3) is 2.67. The van der Waals surface area contributed by atoms with Crippen LogP contribution in [0.15, 0.2) is 12.4 Å². The van der Waals surface area contributed by atoms with Crippen LogP contribution in [0.5, 0.6) is 0 Å². The zero-order chi connectivity index (χ0) is 8.10. The molecule has 60 valence electrons. The van der Waals surface area contributed by atoms with Gasteiger partial charge in [-0.15, -0.1) is 11.6 Å². The first-order chi connectivity index (χ1) is 5.36. The standard InChI is InChI=1S/C7H9ClN2S/c1-11-5-7-9-3-6(2-8)4-10-7/h3-4H,2,5H2,1H3. The van der Waals surface area contributed by atoms with Crippen molar-refractivity contribution < 1.29 is 0 Å². The Labute approximate surface area is 75.4 Å². The highest BCUT2D eigenvalue weighted by molar-refractivity contribution is 7.97. The highest BCUT2D eigenvalue weighted by Gasteiger charge is 1.94. The van der Waals surface area contributed by atoms with Crippen molar-refractivity contribution in [3.05, 3.63) is 23.8 Å². The fourth-order valence-corrected chi connectivity index (χ4v) is 1.20. The second-order valence-corrected chi connectivity index (χ2v) is 3.21. The molecule has 1 heterocycles. The molecule has 0 aliphatic rings. The minimum absolute atomic E-state index is 0.486. The van der Waals surface area contributed by atoms with E-state index in [0.717, 1.165) is 17.1 Å². The van der Waals surface area contributed by atoms with Gasteiger partial charge in [-0.25, -0.2) is 9.97 Å². The molecule has 1 rings (SSSR count). The topological polar surface area (TPSA) is 25.8 Å². The predicted molar refractivity (Wildman–Crippen MR) is 48.8 cm³/mol. The van der Waals surface area contributed by atoms with Gasteiger partial charge in [-0.05, 0) is 6.26 Å². The third-order valence-corrected chi connectivity index (χ3v) is 2.04. The van der Waals surface area contributed by atoms with E-state index in [2.05, 4.69) is 9.97 Å². The van der Waals surface area contributed by atoms with Crippen LogP contribution in [0, 0.1) is 0 Å². The lowest BCUT2D eigenvalue weighted by Crippen LogP contribution is -1.92. The smallest absolute Gasteiger partial charge is 0.138 e. The van der Waals surface area contributed by atoms with Gasteiger partial charge in [-0.2, -0.15) is 11.8 Å². The molecule has 11 heavy (non-hydrogen) atoms. The maximum absolute atomic E-state index is 5.57. The first kappa shape index (κ1) is 8.81. The molecule has 0 spiro atoms. The SMILES string of the molecule is CSCc1ncc(CCl)cn1. The summed E-state index contributed by atoms with van der Waals surface area (Å²) in [4.78, 5) is 8.25. The van der Waals surface area contributed by atoms with E-state index in [1.165, 1.54) is 0 Å². The molecule has 2 nitrogen and oxygen atoms in total. The monoisotopic (exact) mass is 188 g/mol. The van der Waals surface area contributed by atoms with E-state index in [0.29, 0.717) is 5.88 Å². The maximum Gasteiger partial charge on any atom is 0.138 e. The van der Waals surface area contributed by atoms with Crippen molar-refractivity contribution in [1.82, 2.24) is 9.97 Å². The molecule has 0 radical (unpaired) electrons. The van der Waals surface area contributed by atoms with Gasteiger partial charge in [0.05, 0.1) is 11.6 Å². The van der Waals surface area contributed by atoms with E-state index in [-0.39, 0.29) is 0 Å². The van der Waals surface area contributed by atoms with Crippen LogP contribution in [0.4, 0.5) is 0 Å². The summed E-state index contributed by atoms with van der Waals surface area (Å²) in [5.41, 5.74) is 0.969. The summed E-state index contributed by atoms with van der Waals surface area (Å²) in [6.07, 6.45) is 5.57. The number of nitrogens with zero attached hydrogens (tertiary/aromatic N) is 2. The van der Waals surface area contributed by atoms with Crippen molar-refractivity contribution in [2.45, 2.75) is 11.6 Å². The molecule has 0 atom stereocenters. The third-order valence-electron chi connectivity index (χ3n) is 1.19. The van der Waals surface area contributed by atoms with Crippen molar-refractivity contribution in [1.29, 1.82) is 0 Å². The lowest BCUT2D eigenvalue weighted by molar-refractivity contribution is 1.01. The normalized spacial score (nSPS) is 10.0. The Morgan fingerprint density at radius 3 is 2.55 bits per heavy atom. The fourth-order valence-electron chi connectivity index (χ4n) is 0.654. The number of alkyl halides is 1. The zero-order valence-corrected chi connectivity index (χ0v) is 7.82. The summed E-state index contributed by atoms with van der Waals surface area (Å²) in [7, 11) is 0. The molecule has 0 aliphatic carbocycles. The van der Waals surface area contributed by atoms with Gasteiger partial charge in [0.2, 0.25) is 0 Å². The lowest BCUT2D eigenvalue weighted by atomic mass is 10.4. The Morgan fingerprint density at radius 2 is 2.09 bits per heavy atom. The van der Waals surface area contributed by atoms with Crippen LogP contribution in [0.3, 0.4) is 0 Å². The second-order valence-electron chi connectivity index (χ2n) is 2.07. The van der Waals surface area contributed by atoms with E-state index in [1.807, 2.05) is 6.26 Å². The summed E-state index contributed by atoms with van der Waals surface area (Å²) < 4.78 is 0. The molecular weight excluding hydrogens is 180 g/mol. The molecule has 4 heteroatoms. The lowest BCUT2D eigenvalue weighted by Gasteiger charge is -1.96. The summed E-state index contributed by atoms with van der Waals surface area (Å²) in [6.45, 7) is 0. The van der Waals surface area contributed by atoms with Crippen LogP contribution >= 0.6 is 23.4 Å². The number of thioether (sulfide) groups is 1. The van der Waals surface area contributed by atoms with Gasteiger partial charge < -0.3 is 0 Å². The molecule has 0 saturated carbocycles. The van der Waals surface area contributed by atoms with Crippen molar-refractivity contribution in [2.75, 3.05) is 6.26 Å². The van der Waals surface area contributed by atoms with E-state index >= 15 is 0 Å². The minimum Gasteiger partial charge on any atom is -0.240 e. The molecule has 0 unspecified atom stereocenters. The average molecular weight is 189 g/mol. The van der Waals surface area contributed by atoms with E-state index in [4.69, 9.17) is 11.6 Å². The van der Waals surface area contributed by atoms with Crippen molar-refractivity contribution >= 4 is 23.4 Å². The summed E-state index contributed by atoms with van der Waals surface area (Å²) in [6, 6.07) is 0. The molecule has 0 aromatic carbocycles. The first-order valence-corrected chi connectivity index (χ1v) is 5.14. The van der Waals surface area contributed by atoms with E-state index in [9.17, 15) is 0 Å². The van der Waals surface area contributed by atoms with Crippen LogP contribution in [0.1, 0.15) is 11.4 Å². The van der Waals surface area contributed by atoms with Gasteiger partial charge in [0.15, 0.2) is 0 Å². The number of halogens is 1. The van der Waals surface area contributed by atoms with Crippen LogP contribution in [-0.2, 0) is 11.6 Å². The van der Waals surface area contributed by atoms with Crippen molar-refractivity contribution in [3.8, 4) is 0 Å².